The van der Waals surface area contributed by atoms with Crippen LogP contribution in [0.4, 0.5) is 0 Å². The second-order valence-corrected chi connectivity index (χ2v) is 0.518. The molecule has 0 aliphatic rings. The maximum Gasteiger partial charge on any atom is 1.00 e. The summed E-state index contributed by atoms with van der Waals surface area (Å²) >= 11 is 0. The van der Waals surface area contributed by atoms with Crippen molar-refractivity contribution in [3.63, 3.8) is 0 Å². The van der Waals surface area contributed by atoms with E-state index in [1.165, 1.54) is 0 Å². The fraction of sp³-hybridized carbons (Fsp3) is 0. The Morgan fingerprint density at radius 3 is 1.57 bits per heavy atom. The van der Waals surface area contributed by atoms with Crippen molar-refractivity contribution in [3.05, 3.63) is 0 Å². The quantitative estimate of drug-likeness (QED) is 0.188. The fourth-order valence-electron chi connectivity index (χ4n) is 0.0192. The third kappa shape index (κ3) is 6.46. The molecule has 0 unspecified atom stereocenters. The van der Waals surface area contributed by atoms with Crippen LogP contribution in [0.15, 0.2) is 0 Å². The Hall–Kier alpha value is 0.462. The molecule has 0 rings (SSSR count). The average Bonchev–Trinajstić information content (AvgIpc) is 1.65. The number of rotatable bonds is 2. The Morgan fingerprint density at radius 1 is 1.29 bits per heavy atom. The van der Waals surface area contributed by atoms with Crippen molar-refractivity contribution in [3.8, 4) is 0 Å². The molecule has 0 amide bonds. The van der Waals surface area contributed by atoms with E-state index in [0.717, 1.165) is 0 Å². The molecule has 0 aromatic heterocycles. The smallest absolute Gasteiger partial charge is 1.00 e. The summed E-state index contributed by atoms with van der Waals surface area (Å²) in [6, 6.07) is 0. The standard InChI is InChI=1S/BH3O5.Li.H/c2-1(5-3)6-4;;/h2-4H;;/q;+1;-1. The zero-order chi connectivity index (χ0) is 4.99. The van der Waals surface area contributed by atoms with Gasteiger partial charge >= 0.3 is 26.2 Å². The predicted octanol–water partition coefficient (Wildman–Crippen LogP) is -3.94. The first-order chi connectivity index (χ1) is 2.81. The van der Waals surface area contributed by atoms with E-state index in [-0.39, 0.29) is 20.3 Å². The van der Waals surface area contributed by atoms with Crippen LogP contribution in [0.5, 0.6) is 0 Å². The minimum atomic E-state index is -1.95. The molecule has 0 saturated carbocycles. The Bertz CT molecular complexity index is 31.6. The molecule has 0 heterocycles. The Kier molecular flexibility index (Phi) is 9.64. The van der Waals surface area contributed by atoms with Gasteiger partial charge in [0.2, 0.25) is 0 Å². The van der Waals surface area contributed by atoms with Crippen LogP contribution >= 0.6 is 0 Å². The molecular formula is H4BLiO5. The van der Waals surface area contributed by atoms with E-state index in [0.29, 0.717) is 0 Å². The van der Waals surface area contributed by atoms with E-state index in [1.54, 1.807) is 0 Å². The van der Waals surface area contributed by atoms with Crippen LogP contribution in [0.2, 0.25) is 0 Å². The molecule has 0 spiro atoms. The molecule has 7 heteroatoms. The summed E-state index contributed by atoms with van der Waals surface area (Å²) in [6.45, 7) is 0. The van der Waals surface area contributed by atoms with Gasteiger partial charge in [-0.1, -0.05) is 0 Å². The third-order valence-corrected chi connectivity index (χ3v) is 0.180. The van der Waals surface area contributed by atoms with Crippen molar-refractivity contribution >= 4 is 7.32 Å². The van der Waals surface area contributed by atoms with Gasteiger partial charge in [-0.2, -0.15) is 0 Å². The number of hydrogen-bond donors (Lipinski definition) is 3. The summed E-state index contributed by atoms with van der Waals surface area (Å²) in [5.74, 6) is 0. The van der Waals surface area contributed by atoms with E-state index in [1.807, 2.05) is 0 Å². The van der Waals surface area contributed by atoms with Gasteiger partial charge in [0, 0.05) is 0 Å². The van der Waals surface area contributed by atoms with Crippen LogP contribution in [0, 0.1) is 0 Å². The maximum atomic E-state index is 7.72. The van der Waals surface area contributed by atoms with Crippen molar-refractivity contribution < 1.29 is 45.4 Å². The SMILES string of the molecule is OOB(O)OO.[H-].[Li+]. The van der Waals surface area contributed by atoms with Crippen molar-refractivity contribution in [2.45, 2.75) is 0 Å². The molecular weight excluding hydrogens is 97.7 g/mol. The van der Waals surface area contributed by atoms with Crippen LogP contribution in [0.1, 0.15) is 1.43 Å². The predicted molar refractivity (Wildman–Crippen MR) is 16.5 cm³/mol. The maximum absolute atomic E-state index is 7.72. The molecule has 0 fully saturated rings. The number of hydrogen-bond acceptors (Lipinski definition) is 5. The largest absolute Gasteiger partial charge is 1.00 e. The van der Waals surface area contributed by atoms with Crippen molar-refractivity contribution in [2.24, 2.45) is 0 Å². The van der Waals surface area contributed by atoms with Crippen molar-refractivity contribution in [2.75, 3.05) is 0 Å². The molecule has 0 aromatic carbocycles. The molecule has 0 saturated heterocycles. The Morgan fingerprint density at radius 2 is 1.57 bits per heavy atom. The summed E-state index contributed by atoms with van der Waals surface area (Å²) in [5.41, 5.74) is 0. The monoisotopic (exact) mass is 102 g/mol. The van der Waals surface area contributed by atoms with Gasteiger partial charge in [-0.25, -0.2) is 9.61 Å². The van der Waals surface area contributed by atoms with Crippen molar-refractivity contribution in [1.29, 1.82) is 0 Å². The van der Waals surface area contributed by atoms with Gasteiger partial charge in [-0.15, -0.1) is 0 Å². The van der Waals surface area contributed by atoms with Crippen LogP contribution in [0.3, 0.4) is 0 Å². The minimum Gasteiger partial charge on any atom is -1.00 e. The van der Waals surface area contributed by atoms with Crippen molar-refractivity contribution in [1.82, 2.24) is 0 Å². The molecule has 0 aromatic rings. The third-order valence-electron chi connectivity index (χ3n) is 0.180. The van der Waals surface area contributed by atoms with Gasteiger partial charge in [0.25, 0.3) is 0 Å². The van der Waals surface area contributed by atoms with Gasteiger partial charge in [0.15, 0.2) is 0 Å². The molecule has 0 atom stereocenters. The summed E-state index contributed by atoms with van der Waals surface area (Å²) < 4.78 is 0. The summed E-state index contributed by atoms with van der Waals surface area (Å²) in [5, 5.41) is 22.3. The zero-order valence-electron chi connectivity index (χ0n) is 4.74. The Balaban J connectivity index is -0.000000125. The first-order valence-electron chi connectivity index (χ1n) is 1.09. The second kappa shape index (κ2) is 6.46. The van der Waals surface area contributed by atoms with E-state index >= 15 is 0 Å². The molecule has 3 N–H and O–H groups in total. The molecule has 0 aliphatic carbocycles. The normalized spacial score (nSPS) is 7.29. The minimum absolute atomic E-state index is 0. The average molecular weight is 102 g/mol. The van der Waals surface area contributed by atoms with Gasteiger partial charge in [-0.05, 0) is 0 Å². The Labute approximate surface area is 53.6 Å². The summed E-state index contributed by atoms with van der Waals surface area (Å²) in [4.78, 5) is 5.97. The molecule has 0 bridgehead atoms. The van der Waals surface area contributed by atoms with Gasteiger partial charge < -0.3 is 6.45 Å². The first-order valence-corrected chi connectivity index (χ1v) is 1.09. The fourth-order valence-corrected chi connectivity index (χ4v) is 0.0192. The molecule has 38 valence electrons. The zero-order valence-corrected chi connectivity index (χ0v) is 3.74. The van der Waals surface area contributed by atoms with Crippen LogP contribution in [0.25, 0.3) is 0 Å². The van der Waals surface area contributed by atoms with Crippen LogP contribution < -0.4 is 18.9 Å². The van der Waals surface area contributed by atoms with E-state index in [2.05, 4.69) is 9.61 Å². The van der Waals surface area contributed by atoms with Gasteiger partial charge in [-0.3, -0.25) is 10.5 Å². The van der Waals surface area contributed by atoms with E-state index in [9.17, 15) is 0 Å². The molecule has 0 radical (unpaired) electrons. The molecule has 7 heavy (non-hydrogen) atoms. The topological polar surface area (TPSA) is 79.2 Å². The van der Waals surface area contributed by atoms with Gasteiger partial charge in [0.05, 0.1) is 0 Å². The first kappa shape index (κ1) is 10.4. The van der Waals surface area contributed by atoms with E-state index in [4.69, 9.17) is 15.5 Å². The van der Waals surface area contributed by atoms with E-state index < -0.39 is 7.32 Å². The summed E-state index contributed by atoms with van der Waals surface area (Å²) in [7, 11) is -1.95. The molecule has 0 aliphatic heterocycles. The van der Waals surface area contributed by atoms with Gasteiger partial charge in [0.1, 0.15) is 0 Å². The second-order valence-electron chi connectivity index (χ2n) is 0.518. The van der Waals surface area contributed by atoms with Crippen LogP contribution in [-0.2, 0) is 9.61 Å². The summed E-state index contributed by atoms with van der Waals surface area (Å²) in [6.07, 6.45) is 0. The van der Waals surface area contributed by atoms with Crippen LogP contribution in [-0.4, -0.2) is 22.9 Å². The molecule has 5 nitrogen and oxygen atoms in total.